The van der Waals surface area contributed by atoms with Gasteiger partial charge in [0.25, 0.3) is 5.91 Å². The Morgan fingerprint density at radius 1 is 1.06 bits per heavy atom. The lowest BCUT2D eigenvalue weighted by Gasteiger charge is -2.44. The van der Waals surface area contributed by atoms with Crippen LogP contribution in [-0.4, -0.2) is 33.9 Å². The summed E-state index contributed by atoms with van der Waals surface area (Å²) in [4.78, 5) is 29.1. The number of benzene rings is 3. The van der Waals surface area contributed by atoms with Gasteiger partial charge in [-0.1, -0.05) is 48.5 Å². The Labute approximate surface area is 202 Å². The molecule has 0 saturated heterocycles. The molecule has 0 unspecified atom stereocenters. The van der Waals surface area contributed by atoms with Crippen molar-refractivity contribution in [2.75, 3.05) is 7.11 Å². The van der Waals surface area contributed by atoms with Gasteiger partial charge in [-0.05, 0) is 42.8 Å². The smallest absolute Gasteiger partial charge is 0.271 e. The van der Waals surface area contributed by atoms with Crippen LogP contribution >= 0.6 is 0 Å². The average Bonchev–Trinajstić information content (AvgIpc) is 3.24. The first-order valence-electron chi connectivity index (χ1n) is 11.5. The van der Waals surface area contributed by atoms with Gasteiger partial charge in [0.2, 0.25) is 5.91 Å². The van der Waals surface area contributed by atoms with Crippen LogP contribution in [0.2, 0.25) is 0 Å². The molecule has 7 heteroatoms. The number of carbonyl (C=O) groups is 2. The number of halogens is 1. The van der Waals surface area contributed by atoms with Crippen LogP contribution in [0, 0.1) is 5.82 Å². The molecule has 35 heavy (non-hydrogen) atoms. The van der Waals surface area contributed by atoms with Gasteiger partial charge in [-0.3, -0.25) is 9.59 Å². The summed E-state index contributed by atoms with van der Waals surface area (Å²) in [6.45, 7) is 2.51. The van der Waals surface area contributed by atoms with Gasteiger partial charge in [-0.15, -0.1) is 0 Å². The molecule has 2 heterocycles. The maximum Gasteiger partial charge on any atom is 0.271 e. The molecule has 0 radical (unpaired) electrons. The van der Waals surface area contributed by atoms with Crippen LogP contribution in [0.5, 0.6) is 5.75 Å². The first-order chi connectivity index (χ1) is 16.9. The highest BCUT2D eigenvalue weighted by molar-refractivity contribution is 6.03. The molecule has 3 aromatic carbocycles. The van der Waals surface area contributed by atoms with E-state index >= 15 is 0 Å². The highest BCUT2D eigenvalue weighted by Crippen LogP contribution is 2.33. The van der Waals surface area contributed by atoms with Gasteiger partial charge in [0.15, 0.2) is 0 Å². The van der Waals surface area contributed by atoms with Gasteiger partial charge < -0.3 is 19.5 Å². The van der Waals surface area contributed by atoms with Crippen LogP contribution < -0.4 is 10.1 Å². The van der Waals surface area contributed by atoms with E-state index in [1.54, 1.807) is 31.1 Å². The zero-order valence-electron chi connectivity index (χ0n) is 19.6. The summed E-state index contributed by atoms with van der Waals surface area (Å²) in [5.41, 5.74) is 1.84. The maximum atomic E-state index is 13.8. The van der Waals surface area contributed by atoms with Crippen molar-refractivity contribution in [3.05, 3.63) is 102 Å². The van der Waals surface area contributed by atoms with E-state index in [0.29, 0.717) is 18.0 Å². The van der Waals surface area contributed by atoms with Crippen LogP contribution in [0.4, 0.5) is 4.39 Å². The molecular weight excluding hydrogens is 445 g/mol. The standard InChI is InChI=1S/C28H26FN3O3/c1-28(27(34)30-16-21-8-4-6-10-25(21)35-2)18-31-23-9-5-3-7-20(23)15-24(31)26(33)32(28)17-19-11-13-22(29)14-12-19/h3-15H,16-18H2,1-2H3,(H,30,34)/t28-/m0/s1. The summed E-state index contributed by atoms with van der Waals surface area (Å²) in [7, 11) is 1.59. The van der Waals surface area contributed by atoms with Crippen molar-refractivity contribution < 1.29 is 18.7 Å². The van der Waals surface area contributed by atoms with Crippen LogP contribution in [0.3, 0.4) is 0 Å². The Bertz CT molecular complexity index is 1410. The van der Waals surface area contributed by atoms with Gasteiger partial charge in [0.05, 0.1) is 13.7 Å². The second-order valence-electron chi connectivity index (χ2n) is 8.96. The van der Waals surface area contributed by atoms with E-state index in [-0.39, 0.29) is 30.7 Å². The quantitative estimate of drug-likeness (QED) is 0.450. The first kappa shape index (κ1) is 22.7. The van der Waals surface area contributed by atoms with Crippen LogP contribution in [-0.2, 0) is 24.4 Å². The molecule has 0 spiro atoms. The molecule has 5 rings (SSSR count). The van der Waals surface area contributed by atoms with Crippen molar-refractivity contribution in [1.82, 2.24) is 14.8 Å². The van der Waals surface area contributed by atoms with Crippen molar-refractivity contribution in [2.45, 2.75) is 32.1 Å². The Balaban J connectivity index is 1.52. The number of para-hydroxylation sites is 2. The van der Waals surface area contributed by atoms with E-state index in [9.17, 15) is 14.0 Å². The molecule has 1 atom stereocenters. The fourth-order valence-electron chi connectivity index (χ4n) is 4.74. The Kier molecular flexibility index (Phi) is 5.76. The third-order valence-corrected chi connectivity index (χ3v) is 6.71. The average molecular weight is 472 g/mol. The molecule has 6 nitrogen and oxygen atoms in total. The molecule has 1 aliphatic rings. The largest absolute Gasteiger partial charge is 0.496 e. The number of ether oxygens (including phenoxy) is 1. The predicted molar refractivity (Wildman–Crippen MR) is 131 cm³/mol. The lowest BCUT2D eigenvalue weighted by Crippen LogP contribution is -2.63. The molecule has 0 aliphatic carbocycles. The normalized spacial score (nSPS) is 17.3. The zero-order chi connectivity index (χ0) is 24.6. The molecule has 1 aromatic heterocycles. The van der Waals surface area contributed by atoms with Gasteiger partial charge >= 0.3 is 0 Å². The third kappa shape index (κ3) is 4.03. The number of rotatable bonds is 6. The Morgan fingerprint density at radius 3 is 2.54 bits per heavy atom. The molecule has 0 saturated carbocycles. The predicted octanol–water partition coefficient (Wildman–Crippen LogP) is 4.52. The minimum atomic E-state index is -1.18. The fourth-order valence-corrected chi connectivity index (χ4v) is 4.74. The van der Waals surface area contributed by atoms with E-state index in [4.69, 9.17) is 4.74 Å². The van der Waals surface area contributed by atoms with Gasteiger partial charge in [-0.25, -0.2) is 4.39 Å². The molecule has 0 fully saturated rings. The molecule has 4 aromatic rings. The van der Waals surface area contributed by atoms with Crippen molar-refractivity contribution in [3.8, 4) is 5.75 Å². The SMILES string of the molecule is COc1ccccc1CNC(=O)[C@]1(C)Cn2c(cc3ccccc32)C(=O)N1Cc1ccc(F)cc1. The number of carbonyl (C=O) groups excluding carboxylic acids is 2. The second-order valence-corrected chi connectivity index (χ2v) is 8.96. The van der Waals surface area contributed by atoms with E-state index < -0.39 is 5.54 Å². The van der Waals surface area contributed by atoms with Crippen molar-refractivity contribution >= 4 is 22.7 Å². The molecule has 0 bridgehead atoms. The number of fused-ring (bicyclic) bond motifs is 3. The summed E-state index contributed by atoms with van der Waals surface area (Å²) in [5, 5.41) is 3.96. The summed E-state index contributed by atoms with van der Waals surface area (Å²) >= 11 is 0. The number of methoxy groups -OCH3 is 1. The number of amides is 2. The van der Waals surface area contributed by atoms with Crippen LogP contribution in [0.15, 0.2) is 78.9 Å². The third-order valence-electron chi connectivity index (χ3n) is 6.71. The van der Waals surface area contributed by atoms with Gasteiger partial charge in [0.1, 0.15) is 22.8 Å². The number of nitrogens with zero attached hydrogens (tertiary/aromatic N) is 2. The highest BCUT2D eigenvalue weighted by atomic mass is 19.1. The molecule has 178 valence electrons. The van der Waals surface area contributed by atoms with Gasteiger partial charge in [0, 0.05) is 29.6 Å². The number of hydrogen-bond donors (Lipinski definition) is 1. The van der Waals surface area contributed by atoms with Crippen LogP contribution in [0.1, 0.15) is 28.5 Å². The summed E-state index contributed by atoms with van der Waals surface area (Å²) in [6.07, 6.45) is 0. The van der Waals surface area contributed by atoms with E-state index in [0.717, 1.165) is 22.0 Å². The topological polar surface area (TPSA) is 63.6 Å². The summed E-state index contributed by atoms with van der Waals surface area (Å²) in [6, 6.07) is 23.1. The Hall–Kier alpha value is -4.13. The van der Waals surface area contributed by atoms with Gasteiger partial charge in [-0.2, -0.15) is 0 Å². The summed E-state index contributed by atoms with van der Waals surface area (Å²) < 4.78 is 20.8. The molecule has 2 amide bonds. The van der Waals surface area contributed by atoms with Crippen molar-refractivity contribution in [1.29, 1.82) is 0 Å². The van der Waals surface area contributed by atoms with E-state index in [1.807, 2.05) is 59.2 Å². The number of hydrogen-bond acceptors (Lipinski definition) is 3. The molecular formula is C28H26FN3O3. The summed E-state index contributed by atoms with van der Waals surface area (Å²) in [5.74, 6) is -0.190. The van der Waals surface area contributed by atoms with E-state index in [1.165, 1.54) is 12.1 Å². The van der Waals surface area contributed by atoms with Crippen molar-refractivity contribution in [2.24, 2.45) is 0 Å². The lowest BCUT2D eigenvalue weighted by molar-refractivity contribution is -0.133. The zero-order valence-corrected chi connectivity index (χ0v) is 19.6. The molecule has 1 aliphatic heterocycles. The van der Waals surface area contributed by atoms with E-state index in [2.05, 4.69) is 5.32 Å². The number of nitrogens with one attached hydrogen (secondary N) is 1. The fraction of sp³-hybridized carbons (Fsp3) is 0.214. The molecule has 1 N–H and O–H groups in total. The minimum Gasteiger partial charge on any atom is -0.496 e. The lowest BCUT2D eigenvalue weighted by atomic mass is 9.93. The van der Waals surface area contributed by atoms with Crippen LogP contribution in [0.25, 0.3) is 10.9 Å². The highest BCUT2D eigenvalue weighted by Gasteiger charge is 2.47. The second kappa shape index (κ2) is 8.91. The minimum absolute atomic E-state index is 0.180. The number of aromatic nitrogens is 1. The maximum absolute atomic E-state index is 13.8. The van der Waals surface area contributed by atoms with Crippen molar-refractivity contribution in [3.63, 3.8) is 0 Å². The Morgan fingerprint density at radius 2 is 1.77 bits per heavy atom. The monoisotopic (exact) mass is 471 g/mol. The first-order valence-corrected chi connectivity index (χ1v) is 11.5.